The van der Waals surface area contributed by atoms with Gasteiger partial charge in [0.15, 0.2) is 0 Å². The molecule has 0 saturated carbocycles. The van der Waals surface area contributed by atoms with Gasteiger partial charge in [0.2, 0.25) is 5.91 Å². The van der Waals surface area contributed by atoms with Crippen molar-refractivity contribution in [3.8, 4) is 0 Å². The van der Waals surface area contributed by atoms with Gasteiger partial charge in [0.05, 0.1) is 12.1 Å². The van der Waals surface area contributed by atoms with Gasteiger partial charge in [-0.2, -0.15) is 0 Å². The summed E-state index contributed by atoms with van der Waals surface area (Å²) in [6.07, 6.45) is 2.88. The Balaban J connectivity index is 1.90. The summed E-state index contributed by atoms with van der Waals surface area (Å²) in [6.45, 7) is 16.6. The molecule has 3 heterocycles. The first-order valence-corrected chi connectivity index (χ1v) is 13.2. The highest BCUT2D eigenvalue weighted by Gasteiger charge is 2.48. The van der Waals surface area contributed by atoms with Crippen LogP contribution in [-0.4, -0.2) is 75.2 Å². The van der Waals surface area contributed by atoms with Crippen LogP contribution in [0.15, 0.2) is 23.3 Å². The van der Waals surface area contributed by atoms with Gasteiger partial charge in [0, 0.05) is 54.6 Å². The third-order valence-electron chi connectivity index (χ3n) is 7.42. The van der Waals surface area contributed by atoms with Gasteiger partial charge in [-0.15, -0.1) is 0 Å². The topological polar surface area (TPSA) is 112 Å². The van der Waals surface area contributed by atoms with E-state index in [2.05, 4.69) is 0 Å². The number of carbonyl (C=O) groups is 6. The highest BCUT2D eigenvalue weighted by Crippen LogP contribution is 2.36. The number of amides is 5. The number of piperidine rings is 1. The van der Waals surface area contributed by atoms with Crippen LogP contribution >= 0.6 is 0 Å². The quantitative estimate of drug-likeness (QED) is 0.508. The maximum Gasteiger partial charge on any atom is 0.257 e. The normalized spacial score (nSPS) is 23.3. The smallest absolute Gasteiger partial charge is 0.257 e. The van der Waals surface area contributed by atoms with Crippen LogP contribution in [0.4, 0.5) is 0 Å². The van der Waals surface area contributed by atoms with Gasteiger partial charge in [-0.3, -0.25) is 38.6 Å². The van der Waals surface area contributed by atoms with Crippen molar-refractivity contribution in [2.75, 3.05) is 13.1 Å². The zero-order valence-corrected chi connectivity index (χ0v) is 24.1. The van der Waals surface area contributed by atoms with Gasteiger partial charge in [-0.05, 0) is 17.3 Å². The number of carbonyl (C=O) groups excluding carboxylic acids is 6. The minimum Gasteiger partial charge on any atom is -0.339 e. The molecule has 2 atom stereocenters. The lowest BCUT2D eigenvalue weighted by Gasteiger charge is -2.43. The molecule has 3 aliphatic heterocycles. The van der Waals surface area contributed by atoms with Crippen LogP contribution in [0.1, 0.15) is 81.6 Å². The second kappa shape index (κ2) is 9.89. The molecule has 0 radical (unpaired) electrons. The molecule has 0 aliphatic carbocycles. The summed E-state index contributed by atoms with van der Waals surface area (Å²) < 4.78 is 0. The summed E-state index contributed by atoms with van der Waals surface area (Å²) in [6, 6.07) is -1.43. The van der Waals surface area contributed by atoms with E-state index in [1.165, 1.54) is 17.1 Å². The number of Topliss-reactive ketones (excluding diaryl/α,β-unsaturated/α-hetero) is 1. The minimum atomic E-state index is -0.716. The van der Waals surface area contributed by atoms with Gasteiger partial charge < -0.3 is 4.90 Å². The Bertz CT molecular complexity index is 1070. The van der Waals surface area contributed by atoms with Crippen molar-refractivity contribution in [3.05, 3.63) is 23.3 Å². The van der Waals surface area contributed by atoms with Crippen molar-refractivity contribution in [2.45, 2.75) is 93.7 Å². The maximum atomic E-state index is 13.3. The van der Waals surface area contributed by atoms with E-state index in [0.29, 0.717) is 11.1 Å². The molecule has 0 unspecified atom stereocenters. The fourth-order valence-electron chi connectivity index (χ4n) is 5.11. The zero-order chi connectivity index (χ0) is 29.0. The number of likely N-dealkylation sites (tertiary alicyclic amines) is 1. The Kier molecular flexibility index (Phi) is 7.67. The number of ketones is 1. The first-order chi connectivity index (χ1) is 17.2. The Morgan fingerprint density at radius 2 is 1.11 bits per heavy atom. The second-order valence-corrected chi connectivity index (χ2v) is 13.7. The predicted octanol–water partition coefficient (Wildman–Crippen LogP) is 3.03. The Hall–Kier alpha value is -3.10. The molecule has 1 saturated heterocycles. The summed E-state index contributed by atoms with van der Waals surface area (Å²) in [5.74, 6) is -2.14. The number of nitrogens with zero attached hydrogens (tertiary/aromatic N) is 3. The highest BCUT2D eigenvalue weighted by molar-refractivity contribution is 6.18. The van der Waals surface area contributed by atoms with Crippen LogP contribution in [0.2, 0.25) is 0 Å². The van der Waals surface area contributed by atoms with E-state index < -0.39 is 52.0 Å². The van der Waals surface area contributed by atoms with E-state index in [4.69, 9.17) is 0 Å². The van der Waals surface area contributed by atoms with E-state index in [0.717, 1.165) is 9.80 Å². The summed E-state index contributed by atoms with van der Waals surface area (Å²) >= 11 is 0. The summed E-state index contributed by atoms with van der Waals surface area (Å²) in [4.78, 5) is 82.2. The van der Waals surface area contributed by atoms with Crippen molar-refractivity contribution in [1.82, 2.24) is 14.7 Å². The molecule has 9 nitrogen and oxygen atoms in total. The number of imide groups is 2. The monoisotopic (exact) mass is 527 g/mol. The maximum absolute atomic E-state index is 13.3. The van der Waals surface area contributed by atoms with Crippen molar-refractivity contribution in [3.63, 3.8) is 0 Å². The predicted molar refractivity (Wildman–Crippen MR) is 141 cm³/mol. The fraction of sp³-hybridized carbons (Fsp3) is 0.655. The minimum absolute atomic E-state index is 0.0314. The Morgan fingerprint density at radius 3 is 1.42 bits per heavy atom. The molecular formula is C29H41N3O6. The van der Waals surface area contributed by atoms with E-state index in [1.54, 1.807) is 20.8 Å². The van der Waals surface area contributed by atoms with Crippen molar-refractivity contribution in [2.24, 2.45) is 16.2 Å². The second-order valence-electron chi connectivity index (χ2n) is 13.7. The Morgan fingerprint density at radius 1 is 0.711 bits per heavy atom. The molecule has 5 amide bonds. The first-order valence-electron chi connectivity index (χ1n) is 13.2. The van der Waals surface area contributed by atoms with Gasteiger partial charge in [0.1, 0.15) is 5.78 Å². The van der Waals surface area contributed by atoms with E-state index in [1.807, 2.05) is 41.5 Å². The molecular weight excluding hydrogens is 486 g/mol. The first kappa shape index (κ1) is 29.5. The Labute approximate surface area is 225 Å². The summed E-state index contributed by atoms with van der Waals surface area (Å²) in [5, 5.41) is 0. The van der Waals surface area contributed by atoms with Crippen molar-refractivity contribution >= 4 is 35.3 Å². The lowest BCUT2D eigenvalue weighted by Crippen LogP contribution is -2.60. The zero-order valence-electron chi connectivity index (χ0n) is 24.1. The lowest BCUT2D eigenvalue weighted by atomic mass is 9.86. The third kappa shape index (κ3) is 5.81. The van der Waals surface area contributed by atoms with Crippen molar-refractivity contribution < 1.29 is 28.8 Å². The number of hydrogen-bond acceptors (Lipinski definition) is 6. The van der Waals surface area contributed by atoms with Crippen LogP contribution in [-0.2, 0) is 28.8 Å². The molecule has 3 aliphatic rings. The molecule has 0 aromatic rings. The van der Waals surface area contributed by atoms with Gasteiger partial charge in [-0.25, -0.2) is 0 Å². The molecule has 0 bridgehead atoms. The van der Waals surface area contributed by atoms with Gasteiger partial charge in [-0.1, -0.05) is 62.3 Å². The number of rotatable bonds is 5. The van der Waals surface area contributed by atoms with E-state index >= 15 is 0 Å². The van der Waals surface area contributed by atoms with Gasteiger partial charge in [0.25, 0.3) is 23.6 Å². The van der Waals surface area contributed by atoms with E-state index in [-0.39, 0.29) is 44.0 Å². The molecule has 3 rings (SSSR count). The SMILES string of the molecule is CC(C)(C)C(=O)CCC(=O)N1C[C@H](N2C(=O)C=C(C(C)(C)C)C2=O)C[C@H](N2C(=O)C=C(C(C)(C)C)C2=O)C1. The molecule has 9 heteroatoms. The highest BCUT2D eigenvalue weighted by atomic mass is 16.2. The van der Waals surface area contributed by atoms with Crippen LogP contribution < -0.4 is 0 Å². The average Bonchev–Trinajstić information content (AvgIpc) is 3.25. The number of hydrogen-bond donors (Lipinski definition) is 0. The largest absolute Gasteiger partial charge is 0.339 e. The standard InChI is InChI=1S/C29H41N3O6/c1-27(2,3)19-13-23(35)31(25(19)37)17-12-18(32-24(36)14-20(26(32)38)28(4,5)6)16-30(15-17)22(34)11-10-21(33)29(7,8)9/h13-14,17-18H,10-12,15-16H2,1-9H3/t17-,18+. The van der Waals surface area contributed by atoms with Crippen LogP contribution in [0.3, 0.4) is 0 Å². The molecule has 0 aromatic heterocycles. The summed E-state index contributed by atoms with van der Waals surface area (Å²) in [5.41, 5.74) is -0.929. The van der Waals surface area contributed by atoms with Gasteiger partial charge >= 0.3 is 0 Å². The molecule has 208 valence electrons. The molecule has 0 aromatic carbocycles. The molecule has 1 fully saturated rings. The van der Waals surface area contributed by atoms with Crippen LogP contribution in [0.5, 0.6) is 0 Å². The van der Waals surface area contributed by atoms with E-state index in [9.17, 15) is 28.8 Å². The van der Waals surface area contributed by atoms with Crippen LogP contribution in [0, 0.1) is 16.2 Å². The average molecular weight is 528 g/mol. The molecule has 38 heavy (non-hydrogen) atoms. The third-order valence-corrected chi connectivity index (χ3v) is 7.42. The lowest BCUT2D eigenvalue weighted by molar-refractivity contribution is -0.150. The van der Waals surface area contributed by atoms with Crippen molar-refractivity contribution in [1.29, 1.82) is 0 Å². The summed E-state index contributed by atoms with van der Waals surface area (Å²) in [7, 11) is 0. The molecule has 0 spiro atoms. The van der Waals surface area contributed by atoms with Crippen LogP contribution in [0.25, 0.3) is 0 Å². The molecule has 0 N–H and O–H groups in total. The fourth-order valence-corrected chi connectivity index (χ4v) is 5.11.